The summed E-state index contributed by atoms with van der Waals surface area (Å²) < 4.78 is 5.38. The zero-order valence-electron chi connectivity index (χ0n) is 12.5. The van der Waals surface area contributed by atoms with Crippen LogP contribution in [0.3, 0.4) is 0 Å². The highest BCUT2D eigenvalue weighted by atomic mass is 35.5. The van der Waals surface area contributed by atoms with Gasteiger partial charge in [-0.2, -0.15) is 16.3 Å². The Hall–Kier alpha value is -1.69. The molecule has 0 amide bonds. The molecule has 2 heterocycles. The van der Waals surface area contributed by atoms with Crippen molar-refractivity contribution >= 4 is 22.9 Å². The first-order valence-electron chi connectivity index (χ1n) is 7.61. The number of aromatic nitrogens is 2. The van der Waals surface area contributed by atoms with Gasteiger partial charge in [0.2, 0.25) is 0 Å². The Morgan fingerprint density at radius 2 is 2.00 bits per heavy atom. The van der Waals surface area contributed by atoms with Crippen LogP contribution in [0.25, 0.3) is 11.5 Å². The Labute approximate surface area is 143 Å². The molecule has 0 saturated heterocycles. The van der Waals surface area contributed by atoms with E-state index in [0.29, 0.717) is 18.5 Å². The number of nitrogens with zero attached hydrogens (tertiary/aromatic N) is 3. The zero-order chi connectivity index (χ0) is 15.6. The molecule has 1 saturated carbocycles. The van der Waals surface area contributed by atoms with Gasteiger partial charge in [0.1, 0.15) is 0 Å². The molecule has 1 aliphatic rings. The maximum Gasteiger partial charge on any atom is 0.258 e. The molecule has 1 fully saturated rings. The summed E-state index contributed by atoms with van der Waals surface area (Å²) in [7, 11) is 0. The fourth-order valence-corrected chi connectivity index (χ4v) is 3.34. The summed E-state index contributed by atoms with van der Waals surface area (Å²) in [5, 5.41) is 8.93. The molecule has 0 spiro atoms. The smallest absolute Gasteiger partial charge is 0.258 e. The monoisotopic (exact) mass is 345 g/mol. The number of hydrogen-bond donors (Lipinski definition) is 0. The van der Waals surface area contributed by atoms with Crippen molar-refractivity contribution in [2.45, 2.75) is 32.0 Å². The van der Waals surface area contributed by atoms with Crippen molar-refractivity contribution < 1.29 is 4.52 Å². The highest BCUT2D eigenvalue weighted by Crippen LogP contribution is 2.30. The molecule has 1 aliphatic carbocycles. The second kappa shape index (κ2) is 6.43. The van der Waals surface area contributed by atoms with Crippen molar-refractivity contribution in [3.63, 3.8) is 0 Å². The highest BCUT2D eigenvalue weighted by Gasteiger charge is 2.30. The molecule has 118 valence electrons. The lowest BCUT2D eigenvalue weighted by Gasteiger charge is -2.20. The van der Waals surface area contributed by atoms with E-state index in [-0.39, 0.29) is 0 Å². The van der Waals surface area contributed by atoms with Gasteiger partial charge in [0, 0.05) is 23.0 Å². The second-order valence-corrected chi connectivity index (χ2v) is 7.01. The summed E-state index contributed by atoms with van der Waals surface area (Å²) in [4.78, 5) is 6.93. The van der Waals surface area contributed by atoms with E-state index in [1.807, 2.05) is 29.0 Å². The van der Waals surface area contributed by atoms with Crippen molar-refractivity contribution in [3.05, 3.63) is 57.5 Å². The van der Waals surface area contributed by atoms with Crippen LogP contribution in [0.5, 0.6) is 0 Å². The molecule has 0 aliphatic heterocycles. The summed E-state index contributed by atoms with van der Waals surface area (Å²) in [6.45, 7) is 1.59. The maximum absolute atomic E-state index is 5.96. The van der Waals surface area contributed by atoms with Gasteiger partial charge in [-0.05, 0) is 42.0 Å². The Morgan fingerprint density at radius 1 is 1.17 bits per heavy atom. The molecule has 0 atom stereocenters. The molecule has 6 heteroatoms. The molecule has 0 unspecified atom stereocenters. The molecule has 0 bridgehead atoms. The minimum Gasteiger partial charge on any atom is -0.334 e. The van der Waals surface area contributed by atoms with Gasteiger partial charge in [0.25, 0.3) is 5.89 Å². The van der Waals surface area contributed by atoms with Crippen LogP contribution >= 0.6 is 22.9 Å². The minimum atomic E-state index is 0.600. The standard InChI is InChI=1S/C17H16ClN3OS/c18-14-3-1-12(2-4-14)9-21(15-5-6-15)10-16-19-17(22-20-16)13-7-8-23-11-13/h1-4,7-8,11,15H,5-6,9-10H2. The van der Waals surface area contributed by atoms with Crippen LogP contribution in [0.4, 0.5) is 0 Å². The van der Waals surface area contributed by atoms with E-state index in [4.69, 9.17) is 16.1 Å². The van der Waals surface area contributed by atoms with E-state index in [1.165, 1.54) is 18.4 Å². The molecular weight excluding hydrogens is 330 g/mol. The third-order valence-electron chi connectivity index (χ3n) is 3.94. The Balaban J connectivity index is 1.47. The molecule has 1 aromatic carbocycles. The summed E-state index contributed by atoms with van der Waals surface area (Å²) >= 11 is 7.59. The van der Waals surface area contributed by atoms with Crippen molar-refractivity contribution in [1.82, 2.24) is 15.0 Å². The lowest BCUT2D eigenvalue weighted by atomic mass is 10.2. The topological polar surface area (TPSA) is 42.2 Å². The molecule has 0 radical (unpaired) electrons. The lowest BCUT2D eigenvalue weighted by Crippen LogP contribution is -2.25. The van der Waals surface area contributed by atoms with Gasteiger partial charge in [-0.1, -0.05) is 28.9 Å². The Morgan fingerprint density at radius 3 is 2.70 bits per heavy atom. The molecule has 4 rings (SSSR count). The van der Waals surface area contributed by atoms with Gasteiger partial charge < -0.3 is 4.52 Å². The van der Waals surface area contributed by atoms with Gasteiger partial charge in [-0.15, -0.1) is 0 Å². The predicted octanol–water partition coefficient (Wildman–Crippen LogP) is 4.62. The van der Waals surface area contributed by atoms with E-state index < -0.39 is 0 Å². The minimum absolute atomic E-state index is 0.600. The molecule has 0 N–H and O–H groups in total. The third-order valence-corrected chi connectivity index (χ3v) is 4.88. The summed E-state index contributed by atoms with van der Waals surface area (Å²) in [6, 6.07) is 10.6. The molecule has 3 aromatic rings. The van der Waals surface area contributed by atoms with Crippen LogP contribution in [-0.2, 0) is 13.1 Å². The normalized spacial score (nSPS) is 14.5. The predicted molar refractivity (Wildman–Crippen MR) is 91.3 cm³/mol. The van der Waals surface area contributed by atoms with Crippen molar-refractivity contribution in [2.75, 3.05) is 0 Å². The van der Waals surface area contributed by atoms with Crippen molar-refractivity contribution in [1.29, 1.82) is 0 Å². The number of rotatable bonds is 6. The van der Waals surface area contributed by atoms with E-state index in [0.717, 1.165) is 23.0 Å². The number of thiophene rings is 1. The maximum atomic E-state index is 5.96. The van der Waals surface area contributed by atoms with Gasteiger partial charge in [0.05, 0.1) is 12.1 Å². The molecule has 4 nitrogen and oxygen atoms in total. The summed E-state index contributed by atoms with van der Waals surface area (Å²) in [6.07, 6.45) is 2.48. The van der Waals surface area contributed by atoms with E-state index in [9.17, 15) is 0 Å². The number of hydrogen-bond acceptors (Lipinski definition) is 5. The van der Waals surface area contributed by atoms with Crippen LogP contribution in [0.2, 0.25) is 5.02 Å². The molecule has 23 heavy (non-hydrogen) atoms. The number of halogens is 1. The number of benzene rings is 1. The van der Waals surface area contributed by atoms with E-state index in [2.05, 4.69) is 27.2 Å². The average molecular weight is 346 g/mol. The van der Waals surface area contributed by atoms with Gasteiger partial charge in [-0.3, -0.25) is 4.90 Å². The summed E-state index contributed by atoms with van der Waals surface area (Å²) in [5.41, 5.74) is 2.24. The SMILES string of the molecule is Clc1ccc(CN(Cc2noc(-c3ccsc3)n2)C2CC2)cc1. The largest absolute Gasteiger partial charge is 0.334 e. The van der Waals surface area contributed by atoms with Gasteiger partial charge in [-0.25, -0.2) is 0 Å². The third kappa shape index (κ3) is 3.63. The van der Waals surface area contributed by atoms with E-state index in [1.54, 1.807) is 11.3 Å². The Bertz CT molecular complexity index is 766. The summed E-state index contributed by atoms with van der Waals surface area (Å²) in [5.74, 6) is 1.34. The zero-order valence-corrected chi connectivity index (χ0v) is 14.1. The first-order chi connectivity index (χ1) is 11.3. The first-order valence-corrected chi connectivity index (χ1v) is 8.93. The van der Waals surface area contributed by atoms with Gasteiger partial charge in [0.15, 0.2) is 5.82 Å². The van der Waals surface area contributed by atoms with Gasteiger partial charge >= 0.3 is 0 Å². The average Bonchev–Trinajstić information content (AvgIpc) is 3.07. The fraction of sp³-hybridized carbons (Fsp3) is 0.294. The molecule has 2 aromatic heterocycles. The molecular formula is C17H16ClN3OS. The quantitative estimate of drug-likeness (QED) is 0.654. The second-order valence-electron chi connectivity index (χ2n) is 5.79. The first kappa shape index (κ1) is 14.9. The van der Waals surface area contributed by atoms with Crippen LogP contribution < -0.4 is 0 Å². The van der Waals surface area contributed by atoms with Crippen LogP contribution in [0.1, 0.15) is 24.2 Å². The lowest BCUT2D eigenvalue weighted by molar-refractivity contribution is 0.235. The Kier molecular flexibility index (Phi) is 4.16. The van der Waals surface area contributed by atoms with Crippen molar-refractivity contribution in [2.24, 2.45) is 0 Å². The van der Waals surface area contributed by atoms with Crippen LogP contribution in [0, 0.1) is 0 Å². The highest BCUT2D eigenvalue weighted by molar-refractivity contribution is 7.08. The van der Waals surface area contributed by atoms with Crippen molar-refractivity contribution in [3.8, 4) is 11.5 Å². The fourth-order valence-electron chi connectivity index (χ4n) is 2.58. The van der Waals surface area contributed by atoms with E-state index >= 15 is 0 Å². The van der Waals surface area contributed by atoms with Crippen LogP contribution in [0.15, 0.2) is 45.6 Å². The van der Waals surface area contributed by atoms with Crippen LogP contribution in [-0.4, -0.2) is 21.1 Å².